The number of aliphatic hydroxyl groups is 1. The molecule has 1 atom stereocenters. The van der Waals surface area contributed by atoms with Crippen molar-refractivity contribution in [3.05, 3.63) is 65.5 Å². The summed E-state index contributed by atoms with van der Waals surface area (Å²) < 4.78 is 18.3. The van der Waals surface area contributed by atoms with Gasteiger partial charge in [0, 0.05) is 32.2 Å². The van der Waals surface area contributed by atoms with Gasteiger partial charge < -0.3 is 15.2 Å². The maximum Gasteiger partial charge on any atom is 0.258 e. The van der Waals surface area contributed by atoms with E-state index in [1.807, 2.05) is 12.1 Å². The van der Waals surface area contributed by atoms with E-state index in [1.165, 1.54) is 29.3 Å². The molecule has 1 heterocycles. The van der Waals surface area contributed by atoms with Crippen LogP contribution in [0.3, 0.4) is 0 Å². The molecule has 138 valence electrons. The Labute approximate surface area is 152 Å². The fraction of sp³-hybridized carbons (Fsp3) is 0.350. The molecule has 0 bridgehead atoms. The average molecular weight is 358 g/mol. The van der Waals surface area contributed by atoms with E-state index < -0.39 is 11.9 Å². The van der Waals surface area contributed by atoms with E-state index in [2.05, 4.69) is 22.3 Å². The monoisotopic (exact) mass is 358 g/mol. The van der Waals surface area contributed by atoms with Crippen LogP contribution in [-0.4, -0.2) is 48.3 Å². The molecule has 1 aliphatic rings. The summed E-state index contributed by atoms with van der Waals surface area (Å²) in [4.78, 5) is 14.0. The van der Waals surface area contributed by atoms with Crippen molar-refractivity contribution in [3.63, 3.8) is 0 Å². The molecule has 2 aromatic rings. The van der Waals surface area contributed by atoms with Crippen LogP contribution >= 0.6 is 0 Å². The molecule has 0 saturated carbocycles. The zero-order valence-electron chi connectivity index (χ0n) is 14.5. The molecule has 0 saturated heterocycles. The van der Waals surface area contributed by atoms with Gasteiger partial charge in [0.25, 0.3) is 5.91 Å². The van der Waals surface area contributed by atoms with E-state index in [-0.39, 0.29) is 19.1 Å². The van der Waals surface area contributed by atoms with Gasteiger partial charge in [-0.25, -0.2) is 4.39 Å². The molecule has 0 spiro atoms. The largest absolute Gasteiger partial charge is 0.484 e. The smallest absolute Gasteiger partial charge is 0.258 e. The van der Waals surface area contributed by atoms with Gasteiger partial charge in [0.2, 0.25) is 0 Å². The number of benzene rings is 2. The summed E-state index contributed by atoms with van der Waals surface area (Å²) in [6, 6.07) is 13.9. The second kappa shape index (κ2) is 8.78. The Bertz CT molecular complexity index is 753. The van der Waals surface area contributed by atoms with Gasteiger partial charge in [-0.3, -0.25) is 9.69 Å². The number of nitrogens with zero attached hydrogens (tertiary/aromatic N) is 1. The molecule has 2 N–H and O–H groups in total. The van der Waals surface area contributed by atoms with E-state index in [4.69, 9.17) is 4.74 Å². The topological polar surface area (TPSA) is 61.8 Å². The number of rotatable bonds is 7. The predicted molar refractivity (Wildman–Crippen MR) is 96.3 cm³/mol. The van der Waals surface area contributed by atoms with Gasteiger partial charge in [-0.2, -0.15) is 0 Å². The van der Waals surface area contributed by atoms with E-state index in [9.17, 15) is 14.3 Å². The number of halogens is 1. The quantitative estimate of drug-likeness (QED) is 0.792. The van der Waals surface area contributed by atoms with Gasteiger partial charge >= 0.3 is 0 Å². The van der Waals surface area contributed by atoms with Crippen molar-refractivity contribution in [2.24, 2.45) is 0 Å². The molecule has 26 heavy (non-hydrogen) atoms. The number of ether oxygens (including phenoxy) is 1. The van der Waals surface area contributed by atoms with Crippen LogP contribution in [0.25, 0.3) is 0 Å². The van der Waals surface area contributed by atoms with E-state index in [0.717, 1.165) is 19.5 Å². The highest BCUT2D eigenvalue weighted by molar-refractivity contribution is 5.77. The van der Waals surface area contributed by atoms with Crippen LogP contribution in [0, 0.1) is 5.82 Å². The molecule has 3 rings (SSSR count). The van der Waals surface area contributed by atoms with E-state index in [1.54, 1.807) is 6.07 Å². The molecule has 5 nitrogen and oxygen atoms in total. The zero-order chi connectivity index (χ0) is 18.4. The lowest BCUT2D eigenvalue weighted by molar-refractivity contribution is -0.123. The first kappa shape index (κ1) is 18.4. The van der Waals surface area contributed by atoms with Crippen molar-refractivity contribution >= 4 is 5.91 Å². The highest BCUT2D eigenvalue weighted by atomic mass is 19.1. The molecule has 0 fully saturated rings. The summed E-state index contributed by atoms with van der Waals surface area (Å²) in [6.45, 7) is 2.14. The normalized spacial score (nSPS) is 15.2. The minimum atomic E-state index is -0.654. The molecule has 1 amide bonds. The third-order valence-corrected chi connectivity index (χ3v) is 4.38. The first-order valence-electron chi connectivity index (χ1n) is 8.72. The molecule has 1 aliphatic heterocycles. The first-order chi connectivity index (χ1) is 12.6. The highest BCUT2D eigenvalue weighted by Gasteiger charge is 2.18. The Kier molecular flexibility index (Phi) is 6.20. The van der Waals surface area contributed by atoms with Crippen molar-refractivity contribution in [2.75, 3.05) is 26.2 Å². The van der Waals surface area contributed by atoms with Crippen LogP contribution in [0.5, 0.6) is 5.75 Å². The standard InChI is InChI=1S/C20H23FN2O3/c21-17-6-3-7-19(10-17)26-14-20(25)22-11-18(24)13-23-9-8-15-4-1-2-5-16(15)12-23/h1-7,10,18,24H,8-9,11-14H2,(H,22,25)/t18-/m1/s1. The first-order valence-corrected chi connectivity index (χ1v) is 8.72. The van der Waals surface area contributed by atoms with Crippen molar-refractivity contribution in [3.8, 4) is 5.75 Å². The van der Waals surface area contributed by atoms with Gasteiger partial charge in [0.05, 0.1) is 6.10 Å². The molecule has 0 unspecified atom stereocenters. The van der Waals surface area contributed by atoms with Gasteiger partial charge in [0.15, 0.2) is 6.61 Å². The van der Waals surface area contributed by atoms with Crippen molar-refractivity contribution < 1.29 is 19.0 Å². The number of nitrogens with one attached hydrogen (secondary N) is 1. The molecule has 6 heteroatoms. The van der Waals surface area contributed by atoms with Crippen LogP contribution in [0.15, 0.2) is 48.5 Å². The number of carbonyl (C=O) groups excluding carboxylic acids is 1. The maximum atomic E-state index is 13.0. The third kappa shape index (κ3) is 5.28. The summed E-state index contributed by atoms with van der Waals surface area (Å²) in [6.07, 6.45) is 0.315. The second-order valence-electron chi connectivity index (χ2n) is 6.46. The van der Waals surface area contributed by atoms with Crippen LogP contribution in [0.4, 0.5) is 4.39 Å². The number of β-amino-alcohol motifs (C(OH)–C–C–N with tert-alkyl or cyclic N) is 1. The number of hydrogen-bond donors (Lipinski definition) is 2. The van der Waals surface area contributed by atoms with Crippen LogP contribution in [0.1, 0.15) is 11.1 Å². The second-order valence-corrected chi connectivity index (χ2v) is 6.46. The molecule has 0 radical (unpaired) electrons. The minimum Gasteiger partial charge on any atom is -0.484 e. The average Bonchev–Trinajstić information content (AvgIpc) is 2.65. The maximum absolute atomic E-state index is 13.0. The number of aliphatic hydroxyl groups excluding tert-OH is 1. The van der Waals surface area contributed by atoms with E-state index >= 15 is 0 Å². The molecule has 2 aromatic carbocycles. The van der Waals surface area contributed by atoms with Crippen molar-refractivity contribution in [1.82, 2.24) is 10.2 Å². The summed E-state index contributed by atoms with van der Waals surface area (Å²) in [5.41, 5.74) is 2.65. The third-order valence-electron chi connectivity index (χ3n) is 4.38. The molecule has 0 aliphatic carbocycles. The molecule has 0 aromatic heterocycles. The van der Waals surface area contributed by atoms with Crippen LogP contribution in [-0.2, 0) is 17.8 Å². The fourth-order valence-electron chi connectivity index (χ4n) is 3.06. The van der Waals surface area contributed by atoms with Gasteiger partial charge in [-0.05, 0) is 29.7 Å². The minimum absolute atomic E-state index is 0.156. The van der Waals surface area contributed by atoms with Crippen LogP contribution in [0.2, 0.25) is 0 Å². The summed E-state index contributed by atoms with van der Waals surface area (Å²) >= 11 is 0. The Balaban J connectivity index is 1.37. The molecular formula is C20H23FN2O3. The number of fused-ring (bicyclic) bond motifs is 1. The number of amides is 1. The lowest BCUT2D eigenvalue weighted by Gasteiger charge is -2.30. The van der Waals surface area contributed by atoms with E-state index in [0.29, 0.717) is 12.3 Å². The number of hydrogen-bond acceptors (Lipinski definition) is 4. The van der Waals surface area contributed by atoms with Crippen LogP contribution < -0.4 is 10.1 Å². The summed E-state index contributed by atoms with van der Waals surface area (Å²) in [7, 11) is 0. The van der Waals surface area contributed by atoms with Gasteiger partial charge in [0.1, 0.15) is 11.6 Å². The highest BCUT2D eigenvalue weighted by Crippen LogP contribution is 2.18. The summed E-state index contributed by atoms with van der Waals surface area (Å²) in [5.74, 6) is -0.466. The summed E-state index contributed by atoms with van der Waals surface area (Å²) in [5, 5.41) is 12.8. The predicted octanol–water partition coefficient (Wildman–Crippen LogP) is 1.74. The Hall–Kier alpha value is -2.44. The Morgan fingerprint density at radius 3 is 2.85 bits per heavy atom. The Morgan fingerprint density at radius 1 is 1.23 bits per heavy atom. The lowest BCUT2D eigenvalue weighted by atomic mass is 10.00. The SMILES string of the molecule is O=C(COc1cccc(F)c1)NC[C@@H](O)CN1CCc2ccccc2C1. The van der Waals surface area contributed by atoms with Gasteiger partial charge in [-0.15, -0.1) is 0 Å². The zero-order valence-corrected chi connectivity index (χ0v) is 14.5. The number of carbonyl (C=O) groups is 1. The lowest BCUT2D eigenvalue weighted by Crippen LogP contribution is -2.42. The fourth-order valence-corrected chi connectivity index (χ4v) is 3.06. The van der Waals surface area contributed by atoms with Gasteiger partial charge in [-0.1, -0.05) is 30.3 Å². The molecular weight excluding hydrogens is 335 g/mol. The van der Waals surface area contributed by atoms with Crippen molar-refractivity contribution in [2.45, 2.75) is 19.1 Å². The Morgan fingerprint density at radius 2 is 2.04 bits per heavy atom. The van der Waals surface area contributed by atoms with Crippen molar-refractivity contribution in [1.29, 1.82) is 0 Å².